The van der Waals surface area contributed by atoms with Crippen LogP contribution in [0.15, 0.2) is 62.7 Å². The number of benzene rings is 2. The molecule has 0 radical (unpaired) electrons. The van der Waals surface area contributed by atoms with E-state index in [2.05, 4.69) is 20.2 Å². The number of carbonyl (C=O) groups excluding carboxylic acids is 2. The second-order valence-corrected chi connectivity index (χ2v) is 4.17. The molecule has 0 aliphatic rings. The average Bonchev–Trinajstić information content (AvgIpc) is 2.47. The molecule has 0 heterocycles. The highest BCUT2D eigenvalue weighted by molar-refractivity contribution is 6.33. The molecule has 0 bridgehead atoms. The molecule has 0 amide bonds. The molecular formula is C14H7ClN4O2. The predicted octanol–water partition coefficient (Wildman–Crippen LogP) is 4.69. The average molecular weight is 299 g/mol. The molecule has 7 heteroatoms. The van der Waals surface area contributed by atoms with Crippen LogP contribution in [0.3, 0.4) is 0 Å². The van der Waals surface area contributed by atoms with Crippen molar-refractivity contribution in [2.75, 3.05) is 0 Å². The number of hydrogen-bond acceptors (Lipinski definition) is 6. The summed E-state index contributed by atoms with van der Waals surface area (Å²) >= 11 is 6.00. The van der Waals surface area contributed by atoms with Crippen molar-refractivity contribution in [3.05, 3.63) is 47.5 Å². The molecule has 21 heavy (non-hydrogen) atoms. The summed E-state index contributed by atoms with van der Waals surface area (Å²) in [6, 6.07) is 11.2. The number of hydrogen-bond donors (Lipinski definition) is 0. The van der Waals surface area contributed by atoms with Gasteiger partial charge >= 0.3 is 0 Å². The van der Waals surface area contributed by atoms with Crippen molar-refractivity contribution in [3.63, 3.8) is 0 Å². The number of aliphatic imine (C=N–C) groups is 2. The Kier molecular flexibility index (Phi) is 4.85. The van der Waals surface area contributed by atoms with Gasteiger partial charge in [0.1, 0.15) is 5.69 Å². The van der Waals surface area contributed by atoms with Gasteiger partial charge in [-0.2, -0.15) is 15.1 Å². The van der Waals surface area contributed by atoms with Crippen molar-refractivity contribution in [3.8, 4) is 0 Å². The summed E-state index contributed by atoms with van der Waals surface area (Å²) in [6.07, 6.45) is 2.88. The summed E-state index contributed by atoms with van der Waals surface area (Å²) in [5, 5.41) is 8.29. The zero-order chi connectivity index (χ0) is 15.1. The molecular weight excluding hydrogens is 292 g/mol. The number of azo groups is 1. The largest absolute Gasteiger partial charge is 0.240 e. The van der Waals surface area contributed by atoms with Crippen LogP contribution < -0.4 is 0 Å². The normalized spacial score (nSPS) is 9.95. The van der Waals surface area contributed by atoms with E-state index in [9.17, 15) is 9.59 Å². The highest BCUT2D eigenvalue weighted by atomic mass is 35.5. The monoisotopic (exact) mass is 298 g/mol. The molecule has 0 spiro atoms. The van der Waals surface area contributed by atoms with Crippen molar-refractivity contribution in [1.82, 2.24) is 0 Å². The lowest BCUT2D eigenvalue weighted by molar-refractivity contribution is 0.564. The minimum Gasteiger partial charge on any atom is -0.211 e. The molecule has 102 valence electrons. The van der Waals surface area contributed by atoms with Crippen LogP contribution in [-0.4, -0.2) is 12.2 Å². The van der Waals surface area contributed by atoms with Gasteiger partial charge in [-0.15, -0.1) is 5.11 Å². The molecule has 0 saturated carbocycles. The zero-order valence-corrected chi connectivity index (χ0v) is 11.3. The first-order valence-corrected chi connectivity index (χ1v) is 6.08. The van der Waals surface area contributed by atoms with Crippen LogP contribution in [0.1, 0.15) is 0 Å². The van der Waals surface area contributed by atoms with Gasteiger partial charge in [-0.25, -0.2) is 9.59 Å². The number of halogens is 1. The van der Waals surface area contributed by atoms with Crippen molar-refractivity contribution in [1.29, 1.82) is 0 Å². The number of rotatable bonds is 4. The third-order valence-electron chi connectivity index (χ3n) is 2.38. The SMILES string of the molecule is O=C=Nc1cccc(N=Nc2ccc(N=C=O)cc2Cl)c1. The fourth-order valence-electron chi connectivity index (χ4n) is 1.49. The van der Waals surface area contributed by atoms with Gasteiger partial charge in [0.25, 0.3) is 0 Å². The Morgan fingerprint density at radius 2 is 1.48 bits per heavy atom. The summed E-state index contributed by atoms with van der Waals surface area (Å²) < 4.78 is 0. The first-order chi connectivity index (χ1) is 10.2. The maximum Gasteiger partial charge on any atom is 0.240 e. The Hall–Kier alpha value is -2.91. The van der Waals surface area contributed by atoms with E-state index in [1.54, 1.807) is 36.4 Å². The van der Waals surface area contributed by atoms with Crippen molar-refractivity contribution in [2.45, 2.75) is 0 Å². The number of nitrogens with zero attached hydrogens (tertiary/aromatic N) is 4. The van der Waals surface area contributed by atoms with E-state index < -0.39 is 0 Å². The van der Waals surface area contributed by atoms with Crippen LogP contribution >= 0.6 is 11.6 Å². The van der Waals surface area contributed by atoms with E-state index in [1.807, 2.05) is 0 Å². The van der Waals surface area contributed by atoms with Crippen LogP contribution in [0.4, 0.5) is 22.7 Å². The van der Waals surface area contributed by atoms with Crippen molar-refractivity contribution >= 4 is 46.5 Å². The highest BCUT2D eigenvalue weighted by Crippen LogP contribution is 2.31. The summed E-state index contributed by atoms with van der Waals surface area (Å²) in [4.78, 5) is 27.3. The number of isocyanates is 2. The van der Waals surface area contributed by atoms with Gasteiger partial charge in [0.05, 0.1) is 22.1 Å². The molecule has 0 atom stereocenters. The maximum absolute atomic E-state index is 10.2. The van der Waals surface area contributed by atoms with Crippen molar-refractivity contribution < 1.29 is 9.59 Å². The van der Waals surface area contributed by atoms with Gasteiger partial charge in [0, 0.05) is 0 Å². The van der Waals surface area contributed by atoms with Crippen LogP contribution in [0.2, 0.25) is 5.02 Å². The molecule has 0 aromatic heterocycles. The van der Waals surface area contributed by atoms with Gasteiger partial charge in [0.2, 0.25) is 12.2 Å². The second kappa shape index (κ2) is 7.03. The van der Waals surface area contributed by atoms with Crippen LogP contribution in [0.25, 0.3) is 0 Å². The molecule has 2 aromatic rings. The second-order valence-electron chi connectivity index (χ2n) is 3.76. The lowest BCUT2D eigenvalue weighted by Gasteiger charge is -1.98. The molecule has 0 fully saturated rings. The molecule has 0 aliphatic carbocycles. The first-order valence-electron chi connectivity index (χ1n) is 5.70. The summed E-state index contributed by atoms with van der Waals surface area (Å²) in [6.45, 7) is 0. The van der Waals surface area contributed by atoms with E-state index >= 15 is 0 Å². The lowest BCUT2D eigenvalue weighted by atomic mass is 10.3. The Balaban J connectivity index is 2.27. The van der Waals surface area contributed by atoms with Gasteiger partial charge in [-0.1, -0.05) is 17.7 Å². The molecule has 2 aromatic carbocycles. The molecule has 0 saturated heterocycles. The van der Waals surface area contributed by atoms with E-state index in [4.69, 9.17) is 11.6 Å². The smallest absolute Gasteiger partial charge is 0.211 e. The first kappa shape index (κ1) is 14.5. The summed E-state index contributed by atoms with van der Waals surface area (Å²) in [7, 11) is 0. The fraction of sp³-hybridized carbons (Fsp3) is 0. The van der Waals surface area contributed by atoms with Crippen LogP contribution in [-0.2, 0) is 9.59 Å². The Bertz CT molecular complexity index is 791. The quantitative estimate of drug-likeness (QED) is 0.466. The predicted molar refractivity (Wildman–Crippen MR) is 77.6 cm³/mol. The van der Waals surface area contributed by atoms with Gasteiger partial charge in [-0.05, 0) is 36.4 Å². The fourth-order valence-corrected chi connectivity index (χ4v) is 1.70. The molecule has 0 N–H and O–H groups in total. The summed E-state index contributed by atoms with van der Waals surface area (Å²) in [5.41, 5.74) is 1.75. The van der Waals surface area contributed by atoms with E-state index in [1.165, 1.54) is 18.2 Å². The van der Waals surface area contributed by atoms with Crippen LogP contribution in [0.5, 0.6) is 0 Å². The van der Waals surface area contributed by atoms with E-state index in [0.29, 0.717) is 27.8 Å². The molecule has 6 nitrogen and oxygen atoms in total. The Morgan fingerprint density at radius 1 is 0.810 bits per heavy atom. The third kappa shape index (κ3) is 4.03. The minimum absolute atomic E-state index is 0.303. The molecule has 0 unspecified atom stereocenters. The lowest BCUT2D eigenvalue weighted by Crippen LogP contribution is -1.70. The standard InChI is InChI=1S/C14H7ClN4O2/c15-13-7-11(17-9-21)4-5-14(13)19-18-12-3-1-2-10(6-12)16-8-20/h1-7H. The molecule has 2 rings (SSSR count). The van der Waals surface area contributed by atoms with Crippen molar-refractivity contribution in [2.24, 2.45) is 20.2 Å². The maximum atomic E-state index is 10.2. The minimum atomic E-state index is 0.303. The zero-order valence-electron chi connectivity index (χ0n) is 10.5. The van der Waals surface area contributed by atoms with Crippen LogP contribution in [0, 0.1) is 0 Å². The third-order valence-corrected chi connectivity index (χ3v) is 2.69. The topological polar surface area (TPSA) is 83.6 Å². The van der Waals surface area contributed by atoms with Gasteiger partial charge < -0.3 is 0 Å². The van der Waals surface area contributed by atoms with Gasteiger partial charge in [0.15, 0.2) is 0 Å². The Labute approximate surface area is 124 Å². The Morgan fingerprint density at radius 3 is 2.14 bits per heavy atom. The highest BCUT2D eigenvalue weighted by Gasteiger charge is 2.01. The van der Waals surface area contributed by atoms with E-state index in [-0.39, 0.29) is 0 Å². The van der Waals surface area contributed by atoms with E-state index in [0.717, 1.165) is 0 Å². The molecule has 0 aliphatic heterocycles. The van der Waals surface area contributed by atoms with Gasteiger partial charge in [-0.3, -0.25) is 0 Å². The summed E-state index contributed by atoms with van der Waals surface area (Å²) in [5.74, 6) is 0.